The second-order valence-electron chi connectivity index (χ2n) is 9.86. The molecular formula is C35H22O13. The van der Waals surface area contributed by atoms with Gasteiger partial charge in [0, 0.05) is 23.6 Å². The summed E-state index contributed by atoms with van der Waals surface area (Å²) in [5, 5.41) is 0.0610. The van der Waals surface area contributed by atoms with E-state index >= 15 is 0 Å². The third-order valence-corrected chi connectivity index (χ3v) is 7.33. The molecule has 1 aromatic heterocycles. The smallest absolute Gasteiger partial charge is 0.298 e. The molecule has 0 saturated carbocycles. The lowest BCUT2D eigenvalue weighted by Gasteiger charge is -2.28. The van der Waals surface area contributed by atoms with Gasteiger partial charge >= 0.3 is 0 Å². The number of carbonyl (C=O) groups excluding carboxylic acids is 6. The summed E-state index contributed by atoms with van der Waals surface area (Å²) in [5.41, 5.74) is 0.168. The molecule has 0 spiro atoms. The first-order chi connectivity index (χ1) is 23.4. The molecule has 0 aliphatic heterocycles. The monoisotopic (exact) mass is 650 g/mol. The van der Waals surface area contributed by atoms with Crippen LogP contribution in [0.2, 0.25) is 0 Å². The number of fused-ring (bicyclic) bond motifs is 1. The zero-order chi connectivity index (χ0) is 34.0. The summed E-state index contributed by atoms with van der Waals surface area (Å²) < 4.78 is 30.5. The average Bonchev–Trinajstić information content (AvgIpc) is 3.09. The van der Waals surface area contributed by atoms with Crippen molar-refractivity contribution in [1.29, 1.82) is 0 Å². The number of benzene rings is 4. The fourth-order valence-corrected chi connectivity index (χ4v) is 5.29. The number of ether oxygens (including phenoxy) is 5. The van der Waals surface area contributed by atoms with Crippen molar-refractivity contribution in [1.82, 2.24) is 0 Å². The quantitative estimate of drug-likeness (QED) is 0.109. The number of rotatable bonds is 16. The largest absolute Gasteiger partial charge is 0.464 e. The van der Waals surface area contributed by atoms with Crippen molar-refractivity contribution in [3.63, 3.8) is 0 Å². The average molecular weight is 651 g/mol. The molecule has 0 bridgehead atoms. The van der Waals surface area contributed by atoms with Gasteiger partial charge in [-0.3, -0.25) is 33.6 Å². The van der Waals surface area contributed by atoms with Crippen LogP contribution in [0.15, 0.2) is 100 Å². The van der Waals surface area contributed by atoms with Crippen LogP contribution in [0.3, 0.4) is 0 Å². The molecule has 4 aromatic carbocycles. The van der Waals surface area contributed by atoms with Gasteiger partial charge in [0.15, 0.2) is 11.2 Å². The van der Waals surface area contributed by atoms with Gasteiger partial charge in [-0.2, -0.15) is 0 Å². The molecular weight excluding hydrogens is 628 g/mol. The maximum Gasteiger partial charge on any atom is 0.298 e. The Morgan fingerprint density at radius 2 is 1.06 bits per heavy atom. The molecule has 1 unspecified atom stereocenters. The van der Waals surface area contributed by atoms with Crippen molar-refractivity contribution in [3.05, 3.63) is 124 Å². The summed E-state index contributed by atoms with van der Waals surface area (Å²) in [6.45, 7) is 0.965. The van der Waals surface area contributed by atoms with Crippen LogP contribution in [-0.2, 0) is 24.0 Å². The molecule has 0 radical (unpaired) electrons. The molecule has 0 amide bonds. The summed E-state index contributed by atoms with van der Waals surface area (Å²) in [5.74, 6) is -2.83. The minimum absolute atomic E-state index is 0.0263. The van der Waals surface area contributed by atoms with Crippen LogP contribution in [0, 0.1) is 0 Å². The number of hydrogen-bond donors (Lipinski definition) is 0. The minimum Gasteiger partial charge on any atom is -0.464 e. The molecule has 5 aromatic rings. The van der Waals surface area contributed by atoms with Crippen LogP contribution in [0.1, 0.15) is 38.9 Å². The Balaban J connectivity index is 1.79. The molecule has 1 atom stereocenters. The van der Waals surface area contributed by atoms with Gasteiger partial charge in [-0.25, -0.2) is 0 Å². The van der Waals surface area contributed by atoms with E-state index in [0.29, 0.717) is 11.1 Å². The molecule has 1 heterocycles. The summed E-state index contributed by atoms with van der Waals surface area (Å²) in [7, 11) is 0. The SMILES string of the molecule is O=COc1ccc(C(c2ccc(OC=O)cc2)C(C(=O)c2ccc(OC=O)cc2OC=O)c2coc3cc(OC=O)ccc3c2=O)cc1. The van der Waals surface area contributed by atoms with E-state index in [0.717, 1.165) is 12.3 Å². The maximum absolute atomic E-state index is 14.8. The zero-order valence-electron chi connectivity index (χ0n) is 24.5. The number of hydrogen-bond acceptors (Lipinski definition) is 13. The van der Waals surface area contributed by atoms with Crippen molar-refractivity contribution in [2.24, 2.45) is 0 Å². The molecule has 0 saturated heterocycles. The lowest BCUT2D eigenvalue weighted by molar-refractivity contribution is -0.121. The molecule has 240 valence electrons. The topological polar surface area (TPSA) is 179 Å². The molecule has 5 rings (SSSR count). The second-order valence-corrected chi connectivity index (χ2v) is 9.86. The first-order valence-electron chi connectivity index (χ1n) is 13.9. The van der Waals surface area contributed by atoms with E-state index in [9.17, 15) is 33.6 Å². The Hall–Kier alpha value is -6.89. The predicted octanol–water partition coefficient (Wildman–Crippen LogP) is 4.27. The van der Waals surface area contributed by atoms with E-state index in [1.54, 1.807) is 24.3 Å². The van der Waals surface area contributed by atoms with Gasteiger partial charge in [-0.05, 0) is 59.7 Å². The Bertz CT molecular complexity index is 1990. The van der Waals surface area contributed by atoms with Gasteiger partial charge in [-0.1, -0.05) is 24.3 Å². The number of carbonyl (C=O) groups is 6. The van der Waals surface area contributed by atoms with E-state index in [2.05, 4.69) is 0 Å². The highest BCUT2D eigenvalue weighted by molar-refractivity contribution is 6.05. The standard InChI is InChI=1S/C35H22O13/c36-16-44-23-5-1-21(2-6-23)32(22-3-7-24(8-4-22)45-17-37)33(35(42)28-12-10-26(47-19-39)14-31(28)48-20-40)29-15-43-30-13-25(46-18-38)9-11-27(30)34(29)41/h1-20,32-33H. The van der Waals surface area contributed by atoms with Gasteiger partial charge in [0.1, 0.15) is 34.3 Å². The fourth-order valence-electron chi connectivity index (χ4n) is 5.29. The van der Waals surface area contributed by atoms with Crippen molar-refractivity contribution in [2.75, 3.05) is 0 Å². The molecule has 48 heavy (non-hydrogen) atoms. The van der Waals surface area contributed by atoms with E-state index in [-0.39, 0.29) is 83.2 Å². The van der Waals surface area contributed by atoms with Gasteiger partial charge in [0.2, 0.25) is 0 Å². The van der Waals surface area contributed by atoms with E-state index in [1.165, 1.54) is 54.6 Å². The molecule has 0 fully saturated rings. The third kappa shape index (κ3) is 6.84. The second kappa shape index (κ2) is 14.9. The number of Topliss-reactive ketones (excluding diaryl/α,β-unsaturated/α-hetero) is 1. The summed E-state index contributed by atoms with van der Waals surface area (Å²) in [6, 6.07) is 20.2. The highest BCUT2D eigenvalue weighted by Crippen LogP contribution is 2.43. The van der Waals surface area contributed by atoms with E-state index < -0.39 is 23.0 Å². The summed E-state index contributed by atoms with van der Waals surface area (Å²) in [6.07, 6.45) is 1.11. The molecule has 13 heteroatoms. The van der Waals surface area contributed by atoms with E-state index in [4.69, 9.17) is 28.1 Å². The molecule has 0 aliphatic rings. The van der Waals surface area contributed by atoms with Crippen LogP contribution in [0.4, 0.5) is 0 Å². The Labute approximate surface area is 270 Å². The summed E-state index contributed by atoms with van der Waals surface area (Å²) in [4.78, 5) is 84.2. The Morgan fingerprint density at radius 3 is 1.60 bits per heavy atom. The van der Waals surface area contributed by atoms with Crippen LogP contribution in [0.5, 0.6) is 28.7 Å². The first-order valence-corrected chi connectivity index (χ1v) is 13.9. The summed E-state index contributed by atoms with van der Waals surface area (Å²) >= 11 is 0. The van der Waals surface area contributed by atoms with Crippen LogP contribution < -0.4 is 29.1 Å². The minimum atomic E-state index is -1.39. The lowest BCUT2D eigenvalue weighted by Crippen LogP contribution is -2.27. The highest BCUT2D eigenvalue weighted by atomic mass is 16.5. The molecule has 0 aliphatic carbocycles. The van der Waals surface area contributed by atoms with Crippen molar-refractivity contribution < 1.29 is 56.9 Å². The van der Waals surface area contributed by atoms with Crippen molar-refractivity contribution >= 4 is 49.1 Å². The van der Waals surface area contributed by atoms with Gasteiger partial charge in [0.25, 0.3) is 32.4 Å². The fraction of sp³-hybridized carbons (Fsp3) is 0.0571. The highest BCUT2D eigenvalue weighted by Gasteiger charge is 2.37. The van der Waals surface area contributed by atoms with Gasteiger partial charge in [0.05, 0.1) is 23.1 Å². The normalized spacial score (nSPS) is 11.2. The van der Waals surface area contributed by atoms with Gasteiger partial charge < -0.3 is 28.1 Å². The van der Waals surface area contributed by atoms with Gasteiger partial charge in [-0.15, -0.1) is 0 Å². The van der Waals surface area contributed by atoms with Crippen molar-refractivity contribution in [3.8, 4) is 28.7 Å². The zero-order valence-corrected chi connectivity index (χ0v) is 24.5. The maximum atomic E-state index is 14.8. The Kier molecular flexibility index (Phi) is 10.1. The number of ketones is 1. The first kappa shape index (κ1) is 32.5. The predicted molar refractivity (Wildman–Crippen MR) is 164 cm³/mol. The van der Waals surface area contributed by atoms with Crippen LogP contribution in [0.25, 0.3) is 11.0 Å². The Morgan fingerprint density at radius 1 is 0.583 bits per heavy atom. The third-order valence-electron chi connectivity index (χ3n) is 7.33. The lowest BCUT2D eigenvalue weighted by atomic mass is 9.73. The van der Waals surface area contributed by atoms with E-state index in [1.807, 2.05) is 0 Å². The van der Waals surface area contributed by atoms with Crippen LogP contribution in [-0.4, -0.2) is 38.1 Å². The van der Waals surface area contributed by atoms with Crippen LogP contribution >= 0.6 is 0 Å². The molecule has 13 nitrogen and oxygen atoms in total. The molecule has 0 N–H and O–H groups in total. The van der Waals surface area contributed by atoms with Crippen molar-refractivity contribution in [2.45, 2.75) is 11.8 Å².